The molecule has 8 heteroatoms. The Morgan fingerprint density at radius 2 is 1.92 bits per heavy atom. The second-order valence-corrected chi connectivity index (χ2v) is 6.56. The van der Waals surface area contributed by atoms with Gasteiger partial charge in [-0.3, -0.25) is 9.69 Å². The van der Waals surface area contributed by atoms with Crippen molar-refractivity contribution < 1.29 is 13.7 Å². The quantitative estimate of drug-likeness (QED) is 0.776. The molecule has 0 spiro atoms. The Balaban J connectivity index is 1.62. The van der Waals surface area contributed by atoms with Crippen LogP contribution in [-0.2, 0) is 6.54 Å². The number of nitrogens with zero attached hydrogens (tertiary/aromatic N) is 3. The summed E-state index contributed by atoms with van der Waals surface area (Å²) in [6, 6.07) is 4.25. The molecule has 1 fully saturated rings. The highest BCUT2D eigenvalue weighted by Gasteiger charge is 2.25. The van der Waals surface area contributed by atoms with Gasteiger partial charge in [0.2, 0.25) is 0 Å². The number of piperazine rings is 1. The van der Waals surface area contributed by atoms with E-state index in [4.69, 9.17) is 27.7 Å². The molecule has 0 bridgehead atoms. The lowest BCUT2D eigenvalue weighted by Crippen LogP contribution is -2.48. The van der Waals surface area contributed by atoms with E-state index in [-0.39, 0.29) is 21.5 Å². The van der Waals surface area contributed by atoms with Gasteiger partial charge < -0.3 is 9.42 Å². The molecule has 3 rings (SSSR count). The molecule has 1 aliphatic heterocycles. The molecule has 0 radical (unpaired) electrons. The lowest BCUT2D eigenvalue weighted by atomic mass is 10.1. The molecule has 0 unspecified atom stereocenters. The maximum atomic E-state index is 13.6. The number of hydrogen-bond acceptors (Lipinski definition) is 4. The van der Waals surface area contributed by atoms with E-state index in [0.29, 0.717) is 32.7 Å². The first-order valence-corrected chi connectivity index (χ1v) is 8.28. The first-order chi connectivity index (χ1) is 11.4. The molecule has 0 aliphatic carbocycles. The molecule has 24 heavy (non-hydrogen) atoms. The van der Waals surface area contributed by atoms with Crippen molar-refractivity contribution in [2.24, 2.45) is 0 Å². The smallest absolute Gasteiger partial charge is 0.255 e. The van der Waals surface area contributed by atoms with Gasteiger partial charge in [0.05, 0.1) is 27.8 Å². The van der Waals surface area contributed by atoms with Crippen LogP contribution in [0.15, 0.2) is 22.7 Å². The molecule has 5 nitrogen and oxygen atoms in total. The number of amides is 1. The fraction of sp³-hybridized carbons (Fsp3) is 0.375. The second-order valence-electron chi connectivity index (χ2n) is 5.75. The molecule has 1 aliphatic rings. The summed E-state index contributed by atoms with van der Waals surface area (Å²) in [7, 11) is 0. The molecule has 128 valence electrons. The normalized spacial score (nSPS) is 15.8. The molecule has 1 saturated heterocycles. The van der Waals surface area contributed by atoms with Gasteiger partial charge in [-0.15, -0.1) is 0 Å². The Morgan fingerprint density at radius 3 is 2.54 bits per heavy atom. The Hall–Kier alpha value is -1.63. The van der Waals surface area contributed by atoms with Crippen LogP contribution in [0.2, 0.25) is 10.0 Å². The van der Waals surface area contributed by atoms with Crippen LogP contribution in [0, 0.1) is 12.7 Å². The first-order valence-electron chi connectivity index (χ1n) is 7.52. The molecule has 2 aromatic rings. The minimum Gasteiger partial charge on any atom is -0.360 e. The summed E-state index contributed by atoms with van der Waals surface area (Å²) < 4.78 is 18.8. The minimum absolute atomic E-state index is 0.0938. The van der Waals surface area contributed by atoms with E-state index < -0.39 is 5.82 Å². The van der Waals surface area contributed by atoms with Crippen molar-refractivity contribution in [2.75, 3.05) is 26.2 Å². The van der Waals surface area contributed by atoms with E-state index in [0.717, 1.165) is 17.5 Å². The Bertz CT molecular complexity index is 758. The highest BCUT2D eigenvalue weighted by Crippen LogP contribution is 2.25. The SMILES string of the molecule is Cc1cc(CN2CCN(C(=O)c3cc(F)c(Cl)cc3Cl)CC2)on1. The van der Waals surface area contributed by atoms with E-state index in [2.05, 4.69) is 10.1 Å². The van der Waals surface area contributed by atoms with Gasteiger partial charge in [0.25, 0.3) is 5.91 Å². The van der Waals surface area contributed by atoms with Crippen molar-refractivity contribution in [2.45, 2.75) is 13.5 Å². The third kappa shape index (κ3) is 3.71. The van der Waals surface area contributed by atoms with Crippen molar-refractivity contribution in [3.63, 3.8) is 0 Å². The summed E-state index contributed by atoms with van der Waals surface area (Å²) >= 11 is 11.7. The number of aromatic nitrogens is 1. The molecular weight excluding hydrogens is 356 g/mol. The zero-order valence-corrected chi connectivity index (χ0v) is 14.6. The maximum absolute atomic E-state index is 13.6. The van der Waals surface area contributed by atoms with Gasteiger partial charge in [0, 0.05) is 32.2 Å². The van der Waals surface area contributed by atoms with Crippen LogP contribution >= 0.6 is 23.2 Å². The van der Waals surface area contributed by atoms with E-state index in [1.165, 1.54) is 6.07 Å². The van der Waals surface area contributed by atoms with Gasteiger partial charge in [-0.2, -0.15) is 0 Å². The molecule has 1 amide bonds. The zero-order chi connectivity index (χ0) is 17.3. The Morgan fingerprint density at radius 1 is 1.21 bits per heavy atom. The molecule has 0 saturated carbocycles. The molecular formula is C16H16Cl2FN3O2. The number of rotatable bonds is 3. The van der Waals surface area contributed by atoms with E-state index >= 15 is 0 Å². The zero-order valence-electron chi connectivity index (χ0n) is 13.1. The van der Waals surface area contributed by atoms with Gasteiger partial charge in [0.1, 0.15) is 5.82 Å². The summed E-state index contributed by atoms with van der Waals surface area (Å²) in [6.07, 6.45) is 0. The molecule has 1 aromatic carbocycles. The van der Waals surface area contributed by atoms with E-state index in [1.54, 1.807) is 4.90 Å². The van der Waals surface area contributed by atoms with E-state index in [1.807, 2.05) is 13.0 Å². The standard InChI is InChI=1S/C16H16Cl2FN3O2/c1-10-6-11(24-20-10)9-21-2-4-22(5-3-21)16(23)12-7-15(19)14(18)8-13(12)17/h6-8H,2-5,9H2,1H3. The van der Waals surface area contributed by atoms with Crippen LogP contribution in [0.1, 0.15) is 21.8 Å². The summed E-state index contributed by atoms with van der Waals surface area (Å²) in [5.41, 5.74) is 0.982. The van der Waals surface area contributed by atoms with Gasteiger partial charge in [-0.25, -0.2) is 4.39 Å². The van der Waals surface area contributed by atoms with Crippen LogP contribution in [0.3, 0.4) is 0 Å². The van der Waals surface area contributed by atoms with Crippen molar-refractivity contribution in [1.82, 2.24) is 15.0 Å². The van der Waals surface area contributed by atoms with Crippen LogP contribution in [0.5, 0.6) is 0 Å². The van der Waals surface area contributed by atoms with Gasteiger partial charge in [-0.05, 0) is 19.1 Å². The first kappa shape index (κ1) is 17.2. The van der Waals surface area contributed by atoms with Crippen molar-refractivity contribution in [1.29, 1.82) is 0 Å². The highest BCUT2D eigenvalue weighted by molar-refractivity contribution is 6.36. The average molecular weight is 372 g/mol. The Kier molecular flexibility index (Phi) is 5.08. The van der Waals surface area contributed by atoms with Crippen molar-refractivity contribution in [3.05, 3.63) is 51.1 Å². The average Bonchev–Trinajstić information content (AvgIpc) is 2.96. The number of benzene rings is 1. The van der Waals surface area contributed by atoms with Crippen LogP contribution in [0.25, 0.3) is 0 Å². The Labute approximate surface area is 148 Å². The highest BCUT2D eigenvalue weighted by atomic mass is 35.5. The summed E-state index contributed by atoms with van der Waals surface area (Å²) in [4.78, 5) is 16.4. The summed E-state index contributed by atoms with van der Waals surface area (Å²) in [5, 5.41) is 3.93. The number of aryl methyl sites for hydroxylation is 1. The minimum atomic E-state index is -0.649. The maximum Gasteiger partial charge on any atom is 0.255 e. The largest absolute Gasteiger partial charge is 0.360 e. The molecule has 2 heterocycles. The van der Waals surface area contributed by atoms with Crippen molar-refractivity contribution in [3.8, 4) is 0 Å². The molecule has 0 atom stereocenters. The number of hydrogen-bond donors (Lipinski definition) is 0. The summed E-state index contributed by atoms with van der Waals surface area (Å²) in [6.45, 7) is 4.98. The molecule has 1 aromatic heterocycles. The lowest BCUT2D eigenvalue weighted by Gasteiger charge is -2.34. The fourth-order valence-electron chi connectivity index (χ4n) is 2.68. The predicted octanol–water partition coefficient (Wildman–Crippen LogP) is 3.39. The lowest BCUT2D eigenvalue weighted by molar-refractivity contribution is 0.0617. The monoisotopic (exact) mass is 371 g/mol. The van der Waals surface area contributed by atoms with Gasteiger partial charge in [0.15, 0.2) is 5.76 Å². The third-order valence-electron chi connectivity index (χ3n) is 3.96. The number of carbonyl (C=O) groups excluding carboxylic acids is 1. The second kappa shape index (κ2) is 7.09. The third-order valence-corrected chi connectivity index (χ3v) is 4.56. The van der Waals surface area contributed by atoms with Crippen LogP contribution < -0.4 is 0 Å². The van der Waals surface area contributed by atoms with Crippen LogP contribution in [-0.4, -0.2) is 47.0 Å². The number of carbonyl (C=O) groups is 1. The van der Waals surface area contributed by atoms with Gasteiger partial charge >= 0.3 is 0 Å². The fourth-order valence-corrected chi connectivity index (χ4v) is 3.14. The number of halogens is 3. The topological polar surface area (TPSA) is 49.6 Å². The predicted molar refractivity (Wildman–Crippen MR) is 88.8 cm³/mol. The molecule has 0 N–H and O–H groups in total. The van der Waals surface area contributed by atoms with Crippen LogP contribution in [0.4, 0.5) is 4.39 Å². The summed E-state index contributed by atoms with van der Waals surface area (Å²) in [5.74, 6) is -0.135. The van der Waals surface area contributed by atoms with Gasteiger partial charge in [-0.1, -0.05) is 28.4 Å². The van der Waals surface area contributed by atoms with Crippen molar-refractivity contribution >= 4 is 29.1 Å². The van der Waals surface area contributed by atoms with E-state index in [9.17, 15) is 9.18 Å².